The number of nitrogens with one attached hydrogen (secondary N) is 2. The van der Waals surface area contributed by atoms with E-state index in [4.69, 9.17) is 0 Å². The van der Waals surface area contributed by atoms with Crippen molar-refractivity contribution in [2.45, 2.75) is 19.8 Å². The standard InChI is InChI=1S/C16H23N3O2/c1-4-9-17-15(20)13-10-14(13)16(21)18-11-5-7-12(8-6-11)19(2)3/h5-8,13-14H,4,9-10H2,1-3H3,(H,17,20)(H,18,21). The van der Waals surface area contributed by atoms with Gasteiger partial charge in [-0.1, -0.05) is 6.92 Å². The Morgan fingerprint density at radius 3 is 2.33 bits per heavy atom. The lowest BCUT2D eigenvalue weighted by molar-refractivity contribution is -0.125. The predicted octanol–water partition coefficient (Wildman–Crippen LogP) is 1.85. The monoisotopic (exact) mass is 289 g/mol. The van der Waals surface area contributed by atoms with Crippen LogP contribution < -0.4 is 15.5 Å². The van der Waals surface area contributed by atoms with Crippen molar-refractivity contribution in [3.63, 3.8) is 0 Å². The molecule has 0 radical (unpaired) electrons. The predicted molar refractivity (Wildman–Crippen MR) is 84.3 cm³/mol. The third-order valence-corrected chi connectivity index (χ3v) is 3.66. The molecule has 114 valence electrons. The average Bonchev–Trinajstić information content (AvgIpc) is 3.26. The van der Waals surface area contributed by atoms with Crippen LogP contribution in [0.4, 0.5) is 11.4 Å². The van der Waals surface area contributed by atoms with Crippen molar-refractivity contribution in [2.75, 3.05) is 30.9 Å². The highest BCUT2D eigenvalue weighted by molar-refractivity contribution is 5.99. The lowest BCUT2D eigenvalue weighted by Gasteiger charge is -2.13. The first-order valence-electron chi connectivity index (χ1n) is 7.39. The van der Waals surface area contributed by atoms with E-state index in [1.54, 1.807) is 0 Å². The van der Waals surface area contributed by atoms with Gasteiger partial charge in [0, 0.05) is 32.0 Å². The van der Waals surface area contributed by atoms with Crippen LogP contribution in [0, 0.1) is 11.8 Å². The Labute approximate surface area is 125 Å². The molecule has 0 heterocycles. The number of hydrogen-bond donors (Lipinski definition) is 2. The minimum atomic E-state index is -0.185. The lowest BCUT2D eigenvalue weighted by atomic mass is 10.2. The average molecular weight is 289 g/mol. The van der Waals surface area contributed by atoms with E-state index in [-0.39, 0.29) is 23.7 Å². The fourth-order valence-corrected chi connectivity index (χ4v) is 2.23. The molecule has 0 spiro atoms. The molecule has 1 aromatic carbocycles. The summed E-state index contributed by atoms with van der Waals surface area (Å²) in [5.41, 5.74) is 1.85. The van der Waals surface area contributed by atoms with Crippen molar-refractivity contribution in [3.8, 4) is 0 Å². The zero-order valence-corrected chi connectivity index (χ0v) is 12.8. The Morgan fingerprint density at radius 2 is 1.76 bits per heavy atom. The Morgan fingerprint density at radius 1 is 1.14 bits per heavy atom. The van der Waals surface area contributed by atoms with Crippen LogP contribution in [-0.4, -0.2) is 32.5 Å². The summed E-state index contributed by atoms with van der Waals surface area (Å²) >= 11 is 0. The Balaban J connectivity index is 1.84. The molecule has 1 saturated carbocycles. The van der Waals surface area contributed by atoms with Crippen LogP contribution >= 0.6 is 0 Å². The molecule has 2 rings (SSSR count). The number of anilines is 2. The van der Waals surface area contributed by atoms with Gasteiger partial charge in [-0.2, -0.15) is 0 Å². The van der Waals surface area contributed by atoms with Gasteiger partial charge in [0.1, 0.15) is 0 Å². The summed E-state index contributed by atoms with van der Waals surface area (Å²) in [6.45, 7) is 2.68. The first-order valence-corrected chi connectivity index (χ1v) is 7.39. The third kappa shape index (κ3) is 3.97. The molecule has 1 aromatic rings. The third-order valence-electron chi connectivity index (χ3n) is 3.66. The second kappa shape index (κ2) is 6.61. The van der Waals surface area contributed by atoms with Gasteiger partial charge in [0.05, 0.1) is 11.8 Å². The molecule has 1 fully saturated rings. The molecule has 0 aromatic heterocycles. The maximum atomic E-state index is 12.1. The van der Waals surface area contributed by atoms with Crippen LogP contribution in [0.15, 0.2) is 24.3 Å². The molecule has 1 aliphatic carbocycles. The summed E-state index contributed by atoms with van der Waals surface area (Å²) in [5.74, 6) is -0.405. The number of carbonyl (C=O) groups is 2. The fraction of sp³-hybridized carbons (Fsp3) is 0.500. The largest absolute Gasteiger partial charge is 0.378 e. The zero-order chi connectivity index (χ0) is 15.4. The van der Waals surface area contributed by atoms with E-state index < -0.39 is 0 Å². The highest BCUT2D eigenvalue weighted by Gasteiger charge is 2.47. The highest BCUT2D eigenvalue weighted by atomic mass is 16.2. The number of nitrogens with zero attached hydrogens (tertiary/aromatic N) is 1. The van der Waals surface area contributed by atoms with Gasteiger partial charge in [0.2, 0.25) is 11.8 Å². The van der Waals surface area contributed by atoms with Crippen LogP contribution in [0.3, 0.4) is 0 Å². The Bertz CT molecular complexity index is 511. The number of amides is 2. The summed E-state index contributed by atoms with van der Waals surface area (Å²) in [4.78, 5) is 25.8. The van der Waals surface area contributed by atoms with E-state index in [2.05, 4.69) is 10.6 Å². The molecule has 2 atom stereocenters. The summed E-state index contributed by atoms with van der Waals surface area (Å²) in [6, 6.07) is 7.66. The summed E-state index contributed by atoms with van der Waals surface area (Å²) in [7, 11) is 3.94. The molecule has 21 heavy (non-hydrogen) atoms. The lowest BCUT2D eigenvalue weighted by Crippen LogP contribution is -2.27. The molecule has 0 saturated heterocycles. The van der Waals surface area contributed by atoms with Gasteiger partial charge >= 0.3 is 0 Å². The van der Waals surface area contributed by atoms with Crippen molar-refractivity contribution >= 4 is 23.2 Å². The molecule has 5 heteroatoms. The number of benzene rings is 1. The van der Waals surface area contributed by atoms with Crippen LogP contribution in [-0.2, 0) is 9.59 Å². The molecule has 2 amide bonds. The van der Waals surface area contributed by atoms with Gasteiger partial charge in [-0.15, -0.1) is 0 Å². The second-order valence-electron chi connectivity index (χ2n) is 5.67. The first kappa shape index (κ1) is 15.4. The van der Waals surface area contributed by atoms with Gasteiger partial charge in [0.15, 0.2) is 0 Å². The Kier molecular flexibility index (Phi) is 4.83. The molecule has 5 nitrogen and oxygen atoms in total. The van der Waals surface area contributed by atoms with Gasteiger partial charge in [-0.3, -0.25) is 9.59 Å². The SMILES string of the molecule is CCCNC(=O)C1CC1C(=O)Nc1ccc(N(C)C)cc1. The summed E-state index contributed by atoms with van der Waals surface area (Å²) in [6.07, 6.45) is 1.56. The smallest absolute Gasteiger partial charge is 0.228 e. The topological polar surface area (TPSA) is 61.4 Å². The van der Waals surface area contributed by atoms with Crippen molar-refractivity contribution in [2.24, 2.45) is 11.8 Å². The van der Waals surface area contributed by atoms with Gasteiger partial charge in [-0.25, -0.2) is 0 Å². The maximum Gasteiger partial charge on any atom is 0.228 e. The van der Waals surface area contributed by atoms with Crippen molar-refractivity contribution in [3.05, 3.63) is 24.3 Å². The van der Waals surface area contributed by atoms with E-state index >= 15 is 0 Å². The van der Waals surface area contributed by atoms with E-state index in [9.17, 15) is 9.59 Å². The number of rotatable bonds is 6. The van der Waals surface area contributed by atoms with E-state index in [0.717, 1.165) is 17.8 Å². The van der Waals surface area contributed by atoms with Gasteiger partial charge in [-0.05, 0) is 37.1 Å². The quantitative estimate of drug-likeness (QED) is 0.840. The van der Waals surface area contributed by atoms with E-state index in [0.29, 0.717) is 13.0 Å². The minimum Gasteiger partial charge on any atom is -0.378 e. The van der Waals surface area contributed by atoms with Crippen molar-refractivity contribution in [1.29, 1.82) is 0 Å². The van der Waals surface area contributed by atoms with Gasteiger partial charge in [0.25, 0.3) is 0 Å². The summed E-state index contributed by atoms with van der Waals surface area (Å²) in [5, 5.41) is 5.71. The van der Waals surface area contributed by atoms with Crippen molar-refractivity contribution in [1.82, 2.24) is 5.32 Å². The molecular weight excluding hydrogens is 266 g/mol. The first-order chi connectivity index (χ1) is 10.0. The molecule has 1 aliphatic rings. The van der Waals surface area contributed by atoms with E-state index in [1.165, 1.54) is 0 Å². The van der Waals surface area contributed by atoms with Crippen LogP contribution in [0.5, 0.6) is 0 Å². The number of carbonyl (C=O) groups excluding carboxylic acids is 2. The number of hydrogen-bond acceptors (Lipinski definition) is 3. The van der Waals surface area contributed by atoms with Crippen molar-refractivity contribution < 1.29 is 9.59 Å². The maximum absolute atomic E-state index is 12.1. The summed E-state index contributed by atoms with van der Waals surface area (Å²) < 4.78 is 0. The molecular formula is C16H23N3O2. The van der Waals surface area contributed by atoms with E-state index in [1.807, 2.05) is 50.2 Å². The van der Waals surface area contributed by atoms with Crippen LogP contribution in [0.25, 0.3) is 0 Å². The zero-order valence-electron chi connectivity index (χ0n) is 12.8. The fourth-order valence-electron chi connectivity index (χ4n) is 2.23. The normalized spacial score (nSPS) is 19.8. The molecule has 0 aliphatic heterocycles. The molecule has 2 N–H and O–H groups in total. The molecule has 2 unspecified atom stereocenters. The minimum absolute atomic E-state index is 0.0000410. The van der Waals surface area contributed by atoms with Crippen LogP contribution in [0.2, 0.25) is 0 Å². The van der Waals surface area contributed by atoms with Gasteiger partial charge < -0.3 is 15.5 Å². The molecule has 0 bridgehead atoms. The van der Waals surface area contributed by atoms with Crippen LogP contribution in [0.1, 0.15) is 19.8 Å². The highest BCUT2D eigenvalue weighted by Crippen LogP contribution is 2.39. The Hall–Kier alpha value is -2.04. The second-order valence-corrected chi connectivity index (χ2v) is 5.67.